The van der Waals surface area contributed by atoms with Crippen LogP contribution in [0.5, 0.6) is 0 Å². The van der Waals surface area contributed by atoms with Crippen molar-refractivity contribution >= 4 is 28.3 Å². The minimum absolute atomic E-state index is 0.380. The second-order valence-corrected chi connectivity index (χ2v) is 6.73. The maximum absolute atomic E-state index is 4.14. The number of rotatable bonds is 1. The van der Waals surface area contributed by atoms with Gasteiger partial charge in [-0.15, -0.1) is 0 Å². The van der Waals surface area contributed by atoms with Crippen LogP contribution < -0.4 is 5.32 Å². The van der Waals surface area contributed by atoms with E-state index in [0.29, 0.717) is 17.9 Å². The number of hydrogen-bond acceptors (Lipinski definition) is 2. The number of hydrogen-bond donors (Lipinski definition) is 1. The van der Waals surface area contributed by atoms with Gasteiger partial charge in [0.2, 0.25) is 0 Å². The van der Waals surface area contributed by atoms with Crippen LogP contribution in [0.25, 0.3) is 0 Å². The standard InChI is InChI=1S/C17H15IN2/c18-12-4-5-16-15(10-12)13-2-1-3-14(13)17(20-16)11-6-8-19-9-7-11/h1-2,4-10,13-14,17,20H,3H2/t13?,14?,17-/m1/s1. The maximum atomic E-state index is 4.14. The van der Waals surface area contributed by atoms with E-state index in [1.807, 2.05) is 12.4 Å². The number of allylic oxidation sites excluding steroid dienone is 2. The van der Waals surface area contributed by atoms with Crippen LogP contribution in [0.4, 0.5) is 5.69 Å². The summed E-state index contributed by atoms with van der Waals surface area (Å²) in [5.74, 6) is 1.15. The van der Waals surface area contributed by atoms with E-state index in [1.54, 1.807) is 0 Å². The Hall–Kier alpha value is -1.36. The predicted octanol–water partition coefficient (Wildman–Crippen LogP) is 4.51. The molecule has 1 aromatic heterocycles. The van der Waals surface area contributed by atoms with Crippen molar-refractivity contribution in [3.8, 4) is 0 Å². The molecule has 0 saturated carbocycles. The number of nitrogens with zero attached hydrogens (tertiary/aromatic N) is 1. The highest BCUT2D eigenvalue weighted by atomic mass is 127. The quantitative estimate of drug-likeness (QED) is 0.587. The number of benzene rings is 1. The smallest absolute Gasteiger partial charge is 0.0555 e. The molecular weight excluding hydrogens is 359 g/mol. The molecule has 2 heterocycles. The topological polar surface area (TPSA) is 24.9 Å². The lowest BCUT2D eigenvalue weighted by atomic mass is 9.77. The summed E-state index contributed by atoms with van der Waals surface area (Å²) in [7, 11) is 0. The third kappa shape index (κ3) is 1.95. The average Bonchev–Trinajstić information content (AvgIpc) is 2.97. The molecule has 2 unspecified atom stereocenters. The fraction of sp³-hybridized carbons (Fsp3) is 0.235. The fourth-order valence-electron chi connectivity index (χ4n) is 3.47. The molecule has 0 saturated heterocycles. The zero-order chi connectivity index (χ0) is 13.5. The van der Waals surface area contributed by atoms with Crippen LogP contribution in [0, 0.1) is 9.49 Å². The molecule has 2 aromatic rings. The summed E-state index contributed by atoms with van der Waals surface area (Å²) >= 11 is 2.40. The van der Waals surface area contributed by atoms with Gasteiger partial charge in [0, 0.05) is 27.6 Å². The molecular formula is C17H15IN2. The summed E-state index contributed by atoms with van der Waals surface area (Å²) in [6, 6.07) is 11.3. The van der Waals surface area contributed by atoms with E-state index in [1.165, 1.54) is 20.4 Å². The summed E-state index contributed by atoms with van der Waals surface area (Å²) in [4.78, 5) is 4.14. The van der Waals surface area contributed by atoms with Crippen molar-refractivity contribution in [2.24, 2.45) is 5.92 Å². The third-order valence-corrected chi connectivity index (χ3v) is 5.06. The van der Waals surface area contributed by atoms with Crippen LogP contribution in [0.15, 0.2) is 54.9 Å². The van der Waals surface area contributed by atoms with Crippen molar-refractivity contribution in [3.05, 3.63) is 69.6 Å². The van der Waals surface area contributed by atoms with Crippen molar-refractivity contribution in [2.75, 3.05) is 5.32 Å². The molecule has 0 bridgehead atoms. The van der Waals surface area contributed by atoms with Crippen molar-refractivity contribution < 1.29 is 0 Å². The average molecular weight is 374 g/mol. The van der Waals surface area contributed by atoms with E-state index in [4.69, 9.17) is 0 Å². The van der Waals surface area contributed by atoms with E-state index in [0.717, 1.165) is 6.42 Å². The Morgan fingerprint density at radius 2 is 2.00 bits per heavy atom. The molecule has 0 amide bonds. The van der Waals surface area contributed by atoms with E-state index in [-0.39, 0.29) is 0 Å². The fourth-order valence-corrected chi connectivity index (χ4v) is 3.98. The zero-order valence-corrected chi connectivity index (χ0v) is 13.1. The summed E-state index contributed by atoms with van der Waals surface area (Å²) in [5, 5.41) is 3.74. The number of pyridine rings is 1. The van der Waals surface area contributed by atoms with Crippen molar-refractivity contribution in [2.45, 2.75) is 18.4 Å². The number of fused-ring (bicyclic) bond motifs is 3. The lowest BCUT2D eigenvalue weighted by molar-refractivity contribution is 0.425. The van der Waals surface area contributed by atoms with Gasteiger partial charge in [-0.2, -0.15) is 0 Å². The minimum atomic E-state index is 0.380. The van der Waals surface area contributed by atoms with Gasteiger partial charge in [-0.25, -0.2) is 0 Å². The van der Waals surface area contributed by atoms with Crippen molar-refractivity contribution in [1.29, 1.82) is 0 Å². The Balaban J connectivity index is 1.80. The molecule has 1 aliphatic carbocycles. The van der Waals surface area contributed by atoms with Gasteiger partial charge in [0.1, 0.15) is 0 Å². The Morgan fingerprint density at radius 1 is 1.15 bits per heavy atom. The molecule has 0 fully saturated rings. The Bertz CT molecular complexity index is 666. The van der Waals surface area contributed by atoms with Gasteiger partial charge in [0.05, 0.1) is 6.04 Å². The van der Waals surface area contributed by atoms with Gasteiger partial charge >= 0.3 is 0 Å². The molecule has 0 spiro atoms. The second kappa shape index (κ2) is 4.88. The van der Waals surface area contributed by atoms with Crippen molar-refractivity contribution in [1.82, 2.24) is 4.98 Å². The maximum Gasteiger partial charge on any atom is 0.0555 e. The highest BCUT2D eigenvalue weighted by Gasteiger charge is 2.37. The molecule has 0 radical (unpaired) electrons. The molecule has 1 N–H and O–H groups in total. The SMILES string of the molecule is Ic1ccc2c(c1)C1C=CCC1[C@@H](c1ccncc1)N2. The first-order valence-corrected chi connectivity index (χ1v) is 8.03. The molecule has 2 aliphatic rings. The molecule has 100 valence electrons. The van der Waals surface area contributed by atoms with Gasteiger partial charge < -0.3 is 5.32 Å². The van der Waals surface area contributed by atoms with E-state index in [9.17, 15) is 0 Å². The Morgan fingerprint density at radius 3 is 2.85 bits per heavy atom. The van der Waals surface area contributed by atoms with Crippen LogP contribution >= 0.6 is 22.6 Å². The molecule has 3 heteroatoms. The highest BCUT2D eigenvalue weighted by molar-refractivity contribution is 14.1. The van der Waals surface area contributed by atoms with Gasteiger partial charge in [-0.05, 0) is 76.4 Å². The number of anilines is 1. The Labute approximate surface area is 132 Å². The van der Waals surface area contributed by atoms with Crippen molar-refractivity contribution in [3.63, 3.8) is 0 Å². The largest absolute Gasteiger partial charge is 0.378 e. The minimum Gasteiger partial charge on any atom is -0.378 e. The summed E-state index contributed by atoms with van der Waals surface area (Å²) in [6.07, 6.45) is 9.64. The predicted molar refractivity (Wildman–Crippen MR) is 89.7 cm³/mol. The van der Waals surface area contributed by atoms with E-state index < -0.39 is 0 Å². The first kappa shape index (κ1) is 12.4. The molecule has 3 atom stereocenters. The normalized spacial score (nSPS) is 26.8. The van der Waals surface area contributed by atoms with Gasteiger partial charge in [0.25, 0.3) is 0 Å². The first-order valence-electron chi connectivity index (χ1n) is 6.95. The van der Waals surface area contributed by atoms with E-state index >= 15 is 0 Å². The second-order valence-electron chi connectivity index (χ2n) is 5.49. The molecule has 4 rings (SSSR count). The summed E-state index contributed by atoms with van der Waals surface area (Å²) in [5.41, 5.74) is 4.06. The van der Waals surface area contributed by atoms with Gasteiger partial charge in [-0.3, -0.25) is 4.98 Å². The van der Waals surface area contributed by atoms with Crippen LogP contribution in [-0.4, -0.2) is 4.98 Å². The number of halogens is 1. The lowest BCUT2D eigenvalue weighted by Crippen LogP contribution is -2.29. The van der Waals surface area contributed by atoms with Crippen LogP contribution in [0.2, 0.25) is 0 Å². The van der Waals surface area contributed by atoms with Gasteiger partial charge in [-0.1, -0.05) is 12.2 Å². The Kier molecular flexibility index (Phi) is 3.02. The number of nitrogens with one attached hydrogen (secondary N) is 1. The summed E-state index contributed by atoms with van der Waals surface area (Å²) in [6.45, 7) is 0. The number of aromatic nitrogens is 1. The highest BCUT2D eigenvalue weighted by Crippen LogP contribution is 2.49. The molecule has 1 aliphatic heterocycles. The third-order valence-electron chi connectivity index (χ3n) is 4.39. The lowest BCUT2D eigenvalue weighted by Gasteiger charge is -2.37. The molecule has 2 nitrogen and oxygen atoms in total. The first-order chi connectivity index (χ1) is 9.83. The van der Waals surface area contributed by atoms with Crippen LogP contribution in [0.1, 0.15) is 29.5 Å². The summed E-state index contributed by atoms with van der Waals surface area (Å²) < 4.78 is 1.31. The molecule has 20 heavy (non-hydrogen) atoms. The molecule has 1 aromatic carbocycles. The van der Waals surface area contributed by atoms with Gasteiger partial charge in [0.15, 0.2) is 0 Å². The van der Waals surface area contributed by atoms with Crippen LogP contribution in [-0.2, 0) is 0 Å². The monoisotopic (exact) mass is 374 g/mol. The zero-order valence-electron chi connectivity index (χ0n) is 11.0. The van der Waals surface area contributed by atoms with Crippen LogP contribution in [0.3, 0.4) is 0 Å². The van der Waals surface area contributed by atoms with E-state index in [2.05, 4.69) is 75.4 Å².